The lowest BCUT2D eigenvalue weighted by atomic mass is 10.1. The Bertz CT molecular complexity index is 770. The summed E-state index contributed by atoms with van der Waals surface area (Å²) in [5.41, 5.74) is 2.18. The first-order valence-corrected chi connectivity index (χ1v) is 9.55. The van der Waals surface area contributed by atoms with Crippen LogP contribution in [-0.4, -0.2) is 29.2 Å². The van der Waals surface area contributed by atoms with E-state index in [4.69, 9.17) is 9.84 Å². The van der Waals surface area contributed by atoms with Crippen molar-refractivity contribution in [2.75, 3.05) is 18.1 Å². The van der Waals surface area contributed by atoms with Gasteiger partial charge in [-0.15, -0.1) is 0 Å². The molecule has 0 bridgehead atoms. The number of ether oxygens (including phenoxy) is 1. The van der Waals surface area contributed by atoms with Gasteiger partial charge in [0.15, 0.2) is 0 Å². The van der Waals surface area contributed by atoms with Crippen molar-refractivity contribution in [3.8, 4) is 5.75 Å². The van der Waals surface area contributed by atoms with Crippen LogP contribution in [-0.2, 0) is 11.2 Å². The maximum Gasteiger partial charge on any atom is 0.303 e. The van der Waals surface area contributed by atoms with Crippen LogP contribution in [0.25, 0.3) is 0 Å². The molecule has 1 heterocycles. The van der Waals surface area contributed by atoms with Gasteiger partial charge in [-0.2, -0.15) is 0 Å². The molecule has 0 atom stereocenters. The third kappa shape index (κ3) is 6.91. The second-order valence-electron chi connectivity index (χ2n) is 6.35. The van der Waals surface area contributed by atoms with Crippen LogP contribution in [0, 0.1) is 0 Å². The molecule has 1 N–H and O–H groups in total. The Morgan fingerprint density at radius 1 is 1.21 bits per heavy atom. The predicted molar refractivity (Wildman–Crippen MR) is 113 cm³/mol. The predicted octanol–water partition coefficient (Wildman–Crippen LogP) is 4.85. The Labute approximate surface area is 167 Å². The summed E-state index contributed by atoms with van der Waals surface area (Å²) in [6.45, 7) is 7.02. The summed E-state index contributed by atoms with van der Waals surface area (Å²) in [7, 11) is 0. The molecule has 0 aliphatic rings. The average Bonchev–Trinajstić information content (AvgIpc) is 2.72. The van der Waals surface area contributed by atoms with Gasteiger partial charge in [-0.1, -0.05) is 30.9 Å². The number of carboxylic acids is 1. The number of hydrogen-bond donors (Lipinski definition) is 1. The van der Waals surface area contributed by atoms with E-state index in [1.807, 2.05) is 61.5 Å². The largest absolute Gasteiger partial charge is 0.492 e. The normalized spacial score (nSPS) is 11.1. The van der Waals surface area contributed by atoms with E-state index in [9.17, 15) is 4.79 Å². The van der Waals surface area contributed by atoms with Crippen LogP contribution >= 0.6 is 0 Å². The van der Waals surface area contributed by atoms with Crippen LogP contribution in [0.5, 0.6) is 5.75 Å². The first kappa shape index (κ1) is 21.2. The Balaban J connectivity index is 1.86. The van der Waals surface area contributed by atoms with Gasteiger partial charge >= 0.3 is 5.97 Å². The molecule has 0 saturated heterocycles. The highest BCUT2D eigenvalue weighted by atomic mass is 16.5. The van der Waals surface area contributed by atoms with Crippen molar-refractivity contribution >= 4 is 11.8 Å². The zero-order chi connectivity index (χ0) is 20.2. The number of aryl methyl sites for hydroxylation is 1. The second-order valence-corrected chi connectivity index (χ2v) is 6.35. The van der Waals surface area contributed by atoms with E-state index in [0.717, 1.165) is 30.1 Å². The molecule has 0 amide bonds. The summed E-state index contributed by atoms with van der Waals surface area (Å²) in [5, 5.41) is 8.67. The molecule has 1 aromatic carbocycles. The molecule has 2 aromatic rings. The minimum atomic E-state index is -0.735. The summed E-state index contributed by atoms with van der Waals surface area (Å²) in [4.78, 5) is 17.0. The lowest BCUT2D eigenvalue weighted by Gasteiger charge is -2.24. The highest BCUT2D eigenvalue weighted by Gasteiger charge is 2.10. The number of hydrogen-bond acceptors (Lipinski definition) is 4. The van der Waals surface area contributed by atoms with E-state index >= 15 is 0 Å². The van der Waals surface area contributed by atoms with Gasteiger partial charge in [-0.25, -0.2) is 4.98 Å². The van der Waals surface area contributed by atoms with Gasteiger partial charge in [-0.05, 0) is 62.1 Å². The van der Waals surface area contributed by atoms with E-state index in [1.165, 1.54) is 5.56 Å². The maximum absolute atomic E-state index is 10.5. The number of anilines is 1. The number of allylic oxidation sites excluding steroid dienone is 2. The van der Waals surface area contributed by atoms with Gasteiger partial charge in [0.1, 0.15) is 18.2 Å². The lowest BCUT2D eigenvalue weighted by Crippen LogP contribution is -2.27. The first-order valence-electron chi connectivity index (χ1n) is 9.55. The second kappa shape index (κ2) is 11.6. The molecule has 1 aromatic heterocycles. The molecule has 5 nitrogen and oxygen atoms in total. The molecular formula is C23H28N2O3. The Morgan fingerprint density at radius 3 is 2.61 bits per heavy atom. The SMILES string of the molecule is C=C/C(=C\C)N(CCOc1ccc(CCCCC(=O)O)cc1)c1ccccn1. The number of aliphatic carboxylic acids is 1. The third-order valence-corrected chi connectivity index (χ3v) is 4.36. The Morgan fingerprint density at radius 2 is 2.00 bits per heavy atom. The van der Waals surface area contributed by atoms with Crippen molar-refractivity contribution in [3.63, 3.8) is 0 Å². The van der Waals surface area contributed by atoms with E-state index in [-0.39, 0.29) is 6.42 Å². The van der Waals surface area contributed by atoms with Crippen molar-refractivity contribution in [1.82, 2.24) is 4.98 Å². The Kier molecular flexibility index (Phi) is 8.79. The summed E-state index contributed by atoms with van der Waals surface area (Å²) in [5.74, 6) is 0.938. The minimum absolute atomic E-state index is 0.229. The molecule has 148 valence electrons. The summed E-state index contributed by atoms with van der Waals surface area (Å²) >= 11 is 0. The zero-order valence-corrected chi connectivity index (χ0v) is 16.4. The number of pyridine rings is 1. The zero-order valence-electron chi connectivity index (χ0n) is 16.4. The van der Waals surface area contributed by atoms with Crippen LogP contribution in [0.4, 0.5) is 5.82 Å². The van der Waals surface area contributed by atoms with E-state index in [2.05, 4.69) is 16.5 Å². The number of unbranched alkanes of at least 4 members (excludes halogenated alkanes) is 1. The van der Waals surface area contributed by atoms with Gasteiger partial charge in [-0.3, -0.25) is 4.79 Å². The van der Waals surface area contributed by atoms with E-state index < -0.39 is 5.97 Å². The van der Waals surface area contributed by atoms with Gasteiger partial charge in [0.25, 0.3) is 0 Å². The van der Waals surface area contributed by atoms with E-state index in [1.54, 1.807) is 6.20 Å². The molecule has 5 heteroatoms. The van der Waals surface area contributed by atoms with Gasteiger partial charge < -0.3 is 14.7 Å². The fourth-order valence-electron chi connectivity index (χ4n) is 2.89. The standard InChI is InChI=1S/C23H28N2O3/c1-3-20(4-2)25(22-10-7-8-16-24-22)17-18-28-21-14-12-19(13-15-21)9-5-6-11-23(26)27/h3-4,7-8,10,12-16H,1,5-6,9,11,17-18H2,2H3,(H,26,27)/b20-4+. The quantitative estimate of drug-likeness (QED) is 0.421. The number of benzene rings is 1. The van der Waals surface area contributed by atoms with Crippen LogP contribution in [0.15, 0.2) is 73.1 Å². The maximum atomic E-state index is 10.5. The Hall–Kier alpha value is -3.08. The number of rotatable bonds is 12. The number of carbonyl (C=O) groups is 1. The molecular weight excluding hydrogens is 352 g/mol. The number of carboxylic acid groups (broad SMARTS) is 1. The van der Waals surface area contributed by atoms with Crippen molar-refractivity contribution in [1.29, 1.82) is 0 Å². The third-order valence-electron chi connectivity index (χ3n) is 4.36. The fourth-order valence-corrected chi connectivity index (χ4v) is 2.89. The first-order chi connectivity index (χ1) is 13.6. The van der Waals surface area contributed by atoms with Crippen LogP contribution < -0.4 is 9.64 Å². The average molecular weight is 380 g/mol. The van der Waals surface area contributed by atoms with Gasteiger partial charge in [0.05, 0.1) is 6.54 Å². The monoisotopic (exact) mass is 380 g/mol. The number of nitrogens with zero attached hydrogens (tertiary/aromatic N) is 2. The molecule has 0 unspecified atom stereocenters. The molecule has 0 saturated carbocycles. The topological polar surface area (TPSA) is 62.7 Å². The van der Waals surface area contributed by atoms with Crippen molar-refractivity contribution < 1.29 is 14.6 Å². The van der Waals surface area contributed by atoms with Crippen molar-refractivity contribution in [3.05, 3.63) is 78.7 Å². The van der Waals surface area contributed by atoms with Crippen molar-refractivity contribution in [2.24, 2.45) is 0 Å². The van der Waals surface area contributed by atoms with Gasteiger partial charge in [0.2, 0.25) is 0 Å². The van der Waals surface area contributed by atoms with Crippen molar-refractivity contribution in [2.45, 2.75) is 32.6 Å². The van der Waals surface area contributed by atoms with Gasteiger partial charge in [0, 0.05) is 18.3 Å². The molecule has 0 radical (unpaired) electrons. The van der Waals surface area contributed by atoms with Crippen LogP contribution in [0.2, 0.25) is 0 Å². The lowest BCUT2D eigenvalue weighted by molar-refractivity contribution is -0.137. The molecule has 28 heavy (non-hydrogen) atoms. The molecule has 0 fully saturated rings. The highest BCUT2D eigenvalue weighted by Crippen LogP contribution is 2.18. The summed E-state index contributed by atoms with van der Waals surface area (Å²) < 4.78 is 5.90. The smallest absolute Gasteiger partial charge is 0.303 e. The van der Waals surface area contributed by atoms with E-state index in [0.29, 0.717) is 19.6 Å². The summed E-state index contributed by atoms with van der Waals surface area (Å²) in [6, 6.07) is 13.8. The number of aromatic nitrogens is 1. The summed E-state index contributed by atoms with van der Waals surface area (Å²) in [6.07, 6.45) is 8.27. The van der Waals surface area contributed by atoms with Crippen LogP contribution in [0.3, 0.4) is 0 Å². The molecule has 2 rings (SSSR count). The minimum Gasteiger partial charge on any atom is -0.492 e. The molecule has 0 aliphatic carbocycles. The van der Waals surface area contributed by atoms with Crippen LogP contribution in [0.1, 0.15) is 31.7 Å². The molecule has 0 spiro atoms. The fraction of sp³-hybridized carbons (Fsp3) is 0.304. The molecule has 0 aliphatic heterocycles. The highest BCUT2D eigenvalue weighted by molar-refractivity contribution is 5.66.